The van der Waals surface area contributed by atoms with E-state index in [0.29, 0.717) is 0 Å². The Kier molecular flexibility index (Phi) is 2.59. The molecule has 1 heterocycles. The van der Waals surface area contributed by atoms with Crippen LogP contribution < -0.4 is 0 Å². The second kappa shape index (κ2) is 4.38. The average molecular weight is 231 g/mol. The third-order valence-corrected chi connectivity index (χ3v) is 3.09. The topological polar surface area (TPSA) is 28.7 Å². The highest BCUT2D eigenvalue weighted by molar-refractivity contribution is 5.79. The normalized spacial score (nSPS) is 10.4. The molecular weight excluding hydrogens is 220 g/mol. The second-order valence-electron chi connectivity index (χ2n) is 4.20. The lowest BCUT2D eigenvalue weighted by molar-refractivity contribution is 0.834. The minimum absolute atomic E-state index is 0.719. The Morgan fingerprint density at radius 3 is 2.94 bits per heavy atom. The summed E-state index contributed by atoms with van der Waals surface area (Å²) in [6.45, 7) is 0.719. The van der Waals surface area contributed by atoms with Gasteiger partial charge in [0.15, 0.2) is 0 Å². The third kappa shape index (κ3) is 1.76. The number of fused-ring (bicyclic) bond motifs is 1. The fraction of sp³-hybridized carbons (Fsp3) is 0.0625. The van der Waals surface area contributed by atoms with Crippen molar-refractivity contribution in [2.75, 3.05) is 0 Å². The molecule has 18 heavy (non-hydrogen) atoms. The van der Waals surface area contributed by atoms with Gasteiger partial charge in [-0.25, -0.2) is 0 Å². The Balaban J connectivity index is 2.05. The Bertz CT molecular complexity index is 732. The second-order valence-corrected chi connectivity index (χ2v) is 4.20. The van der Waals surface area contributed by atoms with Gasteiger partial charge >= 0.3 is 0 Å². The highest BCUT2D eigenvalue weighted by Gasteiger charge is 2.04. The van der Waals surface area contributed by atoms with Crippen LogP contribution in [0.2, 0.25) is 0 Å². The van der Waals surface area contributed by atoms with Gasteiger partial charge in [0.05, 0.1) is 11.6 Å². The quantitative estimate of drug-likeness (QED) is 0.664. The van der Waals surface area contributed by atoms with Crippen molar-refractivity contribution in [1.29, 1.82) is 5.26 Å². The van der Waals surface area contributed by atoms with Gasteiger partial charge in [0.2, 0.25) is 0 Å². The van der Waals surface area contributed by atoms with E-state index < -0.39 is 0 Å². The molecule has 3 aromatic rings. The number of hydrogen-bond donors (Lipinski definition) is 0. The first-order valence-corrected chi connectivity index (χ1v) is 5.81. The molecule has 0 unspecified atom stereocenters. The summed E-state index contributed by atoms with van der Waals surface area (Å²) in [6.07, 6.45) is 2.05. The molecule has 0 N–H and O–H groups in total. The van der Waals surface area contributed by atoms with Crippen LogP contribution in [0, 0.1) is 17.4 Å². The van der Waals surface area contributed by atoms with E-state index in [2.05, 4.69) is 22.8 Å². The van der Waals surface area contributed by atoms with Gasteiger partial charge in [-0.1, -0.05) is 24.3 Å². The molecule has 0 amide bonds. The van der Waals surface area contributed by atoms with E-state index in [1.54, 1.807) is 0 Å². The standard InChI is InChI=1S/C16H11N2/c17-11-14-6-1-2-7-15(14)12-18-10-9-13-5-3-4-8-16(13)18/h1-2,4-10H,12H2. The molecule has 3 rings (SSSR count). The van der Waals surface area contributed by atoms with Crippen molar-refractivity contribution in [1.82, 2.24) is 4.57 Å². The SMILES string of the molecule is N#Cc1ccccc1Cn1ccc2c[c]ccc21. The van der Waals surface area contributed by atoms with Crippen LogP contribution in [-0.2, 0) is 6.54 Å². The molecule has 0 aliphatic rings. The Labute approximate surface area is 106 Å². The number of hydrogen-bond acceptors (Lipinski definition) is 1. The predicted molar refractivity (Wildman–Crippen MR) is 71.0 cm³/mol. The van der Waals surface area contributed by atoms with Crippen LogP contribution in [0.15, 0.2) is 54.7 Å². The molecule has 0 saturated carbocycles. The fourth-order valence-corrected chi connectivity index (χ4v) is 2.17. The molecule has 2 heteroatoms. The smallest absolute Gasteiger partial charge is 0.0995 e. The van der Waals surface area contributed by atoms with Gasteiger partial charge in [0.25, 0.3) is 0 Å². The maximum atomic E-state index is 9.10. The molecule has 85 valence electrons. The number of aromatic nitrogens is 1. The molecule has 0 aliphatic heterocycles. The summed E-state index contributed by atoms with van der Waals surface area (Å²) < 4.78 is 2.15. The van der Waals surface area contributed by atoms with Gasteiger partial charge in [-0.15, -0.1) is 0 Å². The molecule has 2 aromatic carbocycles. The monoisotopic (exact) mass is 231 g/mol. The predicted octanol–water partition coefficient (Wildman–Crippen LogP) is 3.36. The molecule has 1 radical (unpaired) electrons. The number of nitriles is 1. The van der Waals surface area contributed by atoms with Crippen molar-refractivity contribution >= 4 is 10.9 Å². The van der Waals surface area contributed by atoms with Gasteiger partial charge in [0, 0.05) is 23.6 Å². The van der Waals surface area contributed by atoms with Gasteiger partial charge in [0.1, 0.15) is 0 Å². The van der Waals surface area contributed by atoms with E-state index in [4.69, 9.17) is 5.26 Å². The molecule has 0 bridgehead atoms. The fourth-order valence-electron chi connectivity index (χ4n) is 2.17. The summed E-state index contributed by atoms with van der Waals surface area (Å²) >= 11 is 0. The van der Waals surface area contributed by atoms with Crippen LogP contribution in [0.1, 0.15) is 11.1 Å². The van der Waals surface area contributed by atoms with E-state index in [1.165, 1.54) is 10.9 Å². The first-order valence-electron chi connectivity index (χ1n) is 5.81. The molecular formula is C16H11N2. The van der Waals surface area contributed by atoms with Crippen molar-refractivity contribution in [2.45, 2.75) is 6.54 Å². The summed E-state index contributed by atoms with van der Waals surface area (Å²) in [4.78, 5) is 0. The molecule has 0 aliphatic carbocycles. The van der Waals surface area contributed by atoms with E-state index in [1.807, 2.05) is 48.7 Å². The average Bonchev–Trinajstić information content (AvgIpc) is 2.83. The van der Waals surface area contributed by atoms with Crippen molar-refractivity contribution in [3.63, 3.8) is 0 Å². The Morgan fingerprint density at radius 1 is 1.17 bits per heavy atom. The van der Waals surface area contributed by atoms with Crippen LogP contribution in [0.5, 0.6) is 0 Å². The summed E-state index contributed by atoms with van der Waals surface area (Å²) in [7, 11) is 0. The minimum atomic E-state index is 0.719. The minimum Gasteiger partial charge on any atom is -0.343 e. The largest absolute Gasteiger partial charge is 0.343 e. The lowest BCUT2D eigenvalue weighted by Crippen LogP contribution is -1.99. The molecule has 0 saturated heterocycles. The number of benzene rings is 2. The van der Waals surface area contributed by atoms with Crippen LogP contribution >= 0.6 is 0 Å². The lowest BCUT2D eigenvalue weighted by atomic mass is 10.1. The molecule has 1 aromatic heterocycles. The van der Waals surface area contributed by atoms with E-state index in [9.17, 15) is 0 Å². The maximum absolute atomic E-state index is 9.10. The molecule has 0 spiro atoms. The molecule has 0 fully saturated rings. The van der Waals surface area contributed by atoms with E-state index in [0.717, 1.165) is 17.7 Å². The first-order chi connectivity index (χ1) is 8.88. The Hall–Kier alpha value is -2.53. The van der Waals surface area contributed by atoms with Crippen molar-refractivity contribution < 1.29 is 0 Å². The number of nitrogens with zero attached hydrogens (tertiary/aromatic N) is 2. The zero-order chi connectivity index (χ0) is 12.4. The summed E-state index contributed by atoms with van der Waals surface area (Å²) in [5.74, 6) is 0. The summed E-state index contributed by atoms with van der Waals surface area (Å²) in [5.41, 5.74) is 2.95. The third-order valence-electron chi connectivity index (χ3n) is 3.09. The van der Waals surface area contributed by atoms with Crippen LogP contribution in [0.4, 0.5) is 0 Å². The molecule has 0 atom stereocenters. The van der Waals surface area contributed by atoms with Crippen molar-refractivity contribution in [3.8, 4) is 6.07 Å². The zero-order valence-electron chi connectivity index (χ0n) is 9.80. The maximum Gasteiger partial charge on any atom is 0.0995 e. The first kappa shape index (κ1) is 10.6. The van der Waals surface area contributed by atoms with Crippen molar-refractivity contribution in [3.05, 3.63) is 71.9 Å². The number of rotatable bonds is 2. The summed E-state index contributed by atoms with van der Waals surface area (Å²) in [5, 5.41) is 10.3. The van der Waals surface area contributed by atoms with Crippen LogP contribution in [0.3, 0.4) is 0 Å². The van der Waals surface area contributed by atoms with Crippen LogP contribution in [-0.4, -0.2) is 4.57 Å². The van der Waals surface area contributed by atoms with Gasteiger partial charge in [-0.3, -0.25) is 0 Å². The van der Waals surface area contributed by atoms with E-state index in [-0.39, 0.29) is 0 Å². The highest BCUT2D eigenvalue weighted by Crippen LogP contribution is 2.17. The van der Waals surface area contributed by atoms with Gasteiger partial charge in [-0.2, -0.15) is 5.26 Å². The van der Waals surface area contributed by atoms with Crippen molar-refractivity contribution in [2.24, 2.45) is 0 Å². The molecule has 2 nitrogen and oxygen atoms in total. The van der Waals surface area contributed by atoms with Gasteiger partial charge in [-0.05, 0) is 35.9 Å². The summed E-state index contributed by atoms with van der Waals surface area (Å²) in [6, 6.07) is 21.0. The van der Waals surface area contributed by atoms with Gasteiger partial charge < -0.3 is 4.57 Å². The van der Waals surface area contributed by atoms with Crippen LogP contribution in [0.25, 0.3) is 10.9 Å². The Morgan fingerprint density at radius 2 is 2.06 bits per heavy atom. The zero-order valence-corrected chi connectivity index (χ0v) is 9.80. The lowest BCUT2D eigenvalue weighted by Gasteiger charge is -2.07. The highest BCUT2D eigenvalue weighted by atomic mass is 14.9. The van der Waals surface area contributed by atoms with E-state index >= 15 is 0 Å².